The Morgan fingerprint density at radius 3 is 2.31 bits per heavy atom. The lowest BCUT2D eigenvalue weighted by Crippen LogP contribution is -2.51. The van der Waals surface area contributed by atoms with Crippen LogP contribution in [0.1, 0.15) is 47.0 Å². The summed E-state index contributed by atoms with van der Waals surface area (Å²) in [7, 11) is 0. The van der Waals surface area contributed by atoms with Gasteiger partial charge in [0.1, 0.15) is 12.6 Å². The highest BCUT2D eigenvalue weighted by Crippen LogP contribution is 2.04. The zero-order valence-electron chi connectivity index (χ0n) is 16.3. The van der Waals surface area contributed by atoms with E-state index in [-0.39, 0.29) is 24.5 Å². The number of amides is 4. The van der Waals surface area contributed by atoms with Crippen LogP contribution in [-0.4, -0.2) is 56.5 Å². The van der Waals surface area contributed by atoms with E-state index in [1.165, 1.54) is 0 Å². The van der Waals surface area contributed by atoms with Gasteiger partial charge in [0.25, 0.3) is 0 Å². The third-order valence-corrected chi connectivity index (χ3v) is 3.53. The van der Waals surface area contributed by atoms with Crippen LogP contribution in [-0.2, 0) is 14.3 Å². The molecule has 0 aromatic carbocycles. The van der Waals surface area contributed by atoms with Crippen LogP contribution in [0.25, 0.3) is 0 Å². The number of ether oxygens (including phenoxy) is 2. The molecule has 0 spiro atoms. The molecule has 0 fully saturated rings. The smallest absolute Gasteiger partial charge is 0.407 e. The molecular formula is C17H34N4O5. The van der Waals surface area contributed by atoms with Crippen molar-refractivity contribution >= 4 is 18.0 Å². The molecule has 152 valence electrons. The van der Waals surface area contributed by atoms with Crippen LogP contribution in [0, 0.1) is 5.92 Å². The molecule has 0 radical (unpaired) electrons. The third-order valence-electron chi connectivity index (χ3n) is 3.53. The van der Waals surface area contributed by atoms with E-state index in [0.717, 1.165) is 6.42 Å². The average molecular weight is 374 g/mol. The topological polar surface area (TPSA) is 132 Å². The summed E-state index contributed by atoms with van der Waals surface area (Å²) in [5.41, 5.74) is 4.99. The first kappa shape index (κ1) is 24.0. The lowest BCUT2D eigenvalue weighted by atomic mass is 10.0. The number of nitrogens with one attached hydrogen (secondary N) is 3. The zero-order chi connectivity index (χ0) is 19.9. The van der Waals surface area contributed by atoms with Crippen molar-refractivity contribution < 1.29 is 23.9 Å². The molecule has 5 N–H and O–H groups in total. The van der Waals surface area contributed by atoms with E-state index in [4.69, 9.17) is 15.2 Å². The summed E-state index contributed by atoms with van der Waals surface area (Å²) in [5, 5.41) is 7.95. The molecule has 0 saturated heterocycles. The predicted octanol–water partition coefficient (Wildman–Crippen LogP) is 1.12. The van der Waals surface area contributed by atoms with Gasteiger partial charge in [0.15, 0.2) is 0 Å². The Balaban J connectivity index is 4.22. The summed E-state index contributed by atoms with van der Waals surface area (Å²) in [6.07, 6.45) is 1.62. The van der Waals surface area contributed by atoms with Crippen LogP contribution in [0.4, 0.5) is 9.59 Å². The van der Waals surface area contributed by atoms with Crippen molar-refractivity contribution in [2.75, 3.05) is 26.4 Å². The first-order chi connectivity index (χ1) is 12.3. The Hall–Kier alpha value is -2.03. The number of nitrogens with two attached hydrogens (primary N) is 1. The van der Waals surface area contributed by atoms with Gasteiger partial charge in [-0.15, -0.1) is 0 Å². The van der Waals surface area contributed by atoms with Crippen molar-refractivity contribution in [3.05, 3.63) is 0 Å². The number of hydrogen-bond acceptors (Lipinski definition) is 5. The highest BCUT2D eigenvalue weighted by atomic mass is 16.6. The van der Waals surface area contributed by atoms with Gasteiger partial charge < -0.3 is 31.2 Å². The molecule has 9 nitrogen and oxygen atoms in total. The second-order valence-electron chi connectivity index (χ2n) is 6.46. The zero-order valence-corrected chi connectivity index (χ0v) is 16.3. The Kier molecular flexibility index (Phi) is 13.1. The number of hydrogen-bond donors (Lipinski definition) is 4. The quantitative estimate of drug-likeness (QED) is 0.359. The Morgan fingerprint density at radius 1 is 1.04 bits per heavy atom. The fourth-order valence-electron chi connectivity index (χ4n) is 2.17. The van der Waals surface area contributed by atoms with E-state index >= 15 is 0 Å². The summed E-state index contributed by atoms with van der Waals surface area (Å²) in [4.78, 5) is 34.8. The number of primary amides is 1. The molecule has 0 aliphatic carbocycles. The van der Waals surface area contributed by atoms with E-state index < -0.39 is 18.2 Å². The summed E-state index contributed by atoms with van der Waals surface area (Å²) < 4.78 is 10.2. The number of urea groups is 1. The molecule has 0 aromatic rings. The normalized spacial score (nSPS) is 13.0. The minimum absolute atomic E-state index is 0.0948. The molecule has 0 aliphatic rings. The van der Waals surface area contributed by atoms with Crippen LogP contribution in [0.15, 0.2) is 0 Å². The van der Waals surface area contributed by atoms with Crippen LogP contribution in [0.5, 0.6) is 0 Å². The van der Waals surface area contributed by atoms with E-state index in [0.29, 0.717) is 32.6 Å². The van der Waals surface area contributed by atoms with E-state index in [2.05, 4.69) is 16.0 Å². The first-order valence-electron chi connectivity index (χ1n) is 9.12. The Morgan fingerprint density at radius 2 is 1.73 bits per heavy atom. The van der Waals surface area contributed by atoms with Gasteiger partial charge in [-0.3, -0.25) is 4.79 Å². The first-order valence-corrected chi connectivity index (χ1v) is 9.12. The van der Waals surface area contributed by atoms with Gasteiger partial charge in [-0.2, -0.15) is 0 Å². The number of alkyl carbamates (subject to hydrolysis) is 1. The van der Waals surface area contributed by atoms with Crippen molar-refractivity contribution in [3.8, 4) is 0 Å². The van der Waals surface area contributed by atoms with Gasteiger partial charge in [-0.1, -0.05) is 20.8 Å². The van der Waals surface area contributed by atoms with E-state index in [1.54, 1.807) is 0 Å². The molecular weight excluding hydrogens is 340 g/mol. The molecule has 0 rings (SSSR count). The predicted molar refractivity (Wildman–Crippen MR) is 98.6 cm³/mol. The molecule has 0 heterocycles. The monoisotopic (exact) mass is 374 g/mol. The molecule has 0 aliphatic heterocycles. The van der Waals surface area contributed by atoms with Crippen molar-refractivity contribution in [3.63, 3.8) is 0 Å². The lowest BCUT2D eigenvalue weighted by molar-refractivity contribution is -0.124. The van der Waals surface area contributed by atoms with Gasteiger partial charge in [-0.25, -0.2) is 9.59 Å². The highest BCUT2D eigenvalue weighted by molar-refractivity contribution is 5.86. The van der Waals surface area contributed by atoms with Gasteiger partial charge >= 0.3 is 12.1 Å². The maximum atomic E-state index is 12.4. The van der Waals surface area contributed by atoms with Crippen LogP contribution in [0.3, 0.4) is 0 Å². The fraction of sp³-hybridized carbons (Fsp3) is 0.824. The average Bonchev–Trinajstić information content (AvgIpc) is 2.55. The minimum Gasteiger partial charge on any atom is -0.447 e. The van der Waals surface area contributed by atoms with Crippen LogP contribution >= 0.6 is 0 Å². The van der Waals surface area contributed by atoms with Gasteiger partial charge in [0.05, 0.1) is 6.61 Å². The number of carbonyl (C=O) groups excluding carboxylic acids is 3. The molecule has 2 atom stereocenters. The second-order valence-corrected chi connectivity index (χ2v) is 6.46. The Bertz CT molecular complexity index is 431. The summed E-state index contributed by atoms with van der Waals surface area (Å²) in [6.45, 7) is 9.09. The molecule has 0 bridgehead atoms. The molecule has 0 unspecified atom stereocenters. The molecule has 26 heavy (non-hydrogen) atoms. The summed E-state index contributed by atoms with van der Waals surface area (Å²) in [5.74, 6) is -0.364. The molecule has 9 heteroatoms. The van der Waals surface area contributed by atoms with Crippen molar-refractivity contribution in [2.45, 2.75) is 59.0 Å². The van der Waals surface area contributed by atoms with E-state index in [1.807, 2.05) is 27.7 Å². The lowest BCUT2D eigenvalue weighted by Gasteiger charge is -2.23. The van der Waals surface area contributed by atoms with Gasteiger partial charge in [-0.05, 0) is 32.1 Å². The maximum absolute atomic E-state index is 12.4. The largest absolute Gasteiger partial charge is 0.447 e. The highest BCUT2D eigenvalue weighted by Gasteiger charge is 2.25. The standard InChI is InChI=1S/C17H34N4O5/c1-5-9-25-10-11-26-17(24)21-14(12(2)3)15(22)20-13(4)7-6-8-19-16(18)23/h12-14H,5-11H2,1-4H3,(H,20,22)(H,21,24)(H3,18,19,23)/t13-,14+/m1/s1. The number of carbonyl (C=O) groups is 3. The third kappa shape index (κ3) is 12.3. The maximum Gasteiger partial charge on any atom is 0.407 e. The molecule has 0 saturated carbocycles. The van der Waals surface area contributed by atoms with Crippen molar-refractivity contribution in [1.82, 2.24) is 16.0 Å². The van der Waals surface area contributed by atoms with Crippen LogP contribution < -0.4 is 21.7 Å². The molecule has 4 amide bonds. The summed E-state index contributed by atoms with van der Waals surface area (Å²) in [6, 6.07) is -1.35. The van der Waals surface area contributed by atoms with E-state index in [9.17, 15) is 14.4 Å². The fourth-order valence-corrected chi connectivity index (χ4v) is 2.17. The summed E-state index contributed by atoms with van der Waals surface area (Å²) >= 11 is 0. The van der Waals surface area contributed by atoms with Crippen molar-refractivity contribution in [1.29, 1.82) is 0 Å². The molecule has 0 aromatic heterocycles. The van der Waals surface area contributed by atoms with Crippen LogP contribution in [0.2, 0.25) is 0 Å². The van der Waals surface area contributed by atoms with Crippen molar-refractivity contribution in [2.24, 2.45) is 11.7 Å². The second kappa shape index (κ2) is 14.2. The minimum atomic E-state index is -0.690. The Labute approximate surface area is 155 Å². The number of rotatable bonds is 13. The van der Waals surface area contributed by atoms with Gasteiger partial charge in [0, 0.05) is 19.2 Å². The van der Waals surface area contributed by atoms with Gasteiger partial charge in [0.2, 0.25) is 5.91 Å². The SMILES string of the molecule is CCCOCCOC(=O)N[C@H](C(=O)N[C@H](C)CCCNC(N)=O)C(C)C.